The second kappa shape index (κ2) is 6.36. The van der Waals surface area contributed by atoms with Crippen molar-refractivity contribution >= 4 is 11.5 Å². The summed E-state index contributed by atoms with van der Waals surface area (Å²) in [5.74, 6) is 0.515. The Hall–Kier alpha value is -2.62. The summed E-state index contributed by atoms with van der Waals surface area (Å²) in [5.41, 5.74) is 4.90. The molecule has 4 heteroatoms. The van der Waals surface area contributed by atoms with Gasteiger partial charge in [0.25, 0.3) is 5.56 Å². The standard InChI is InChI=1S/C21H22N2O2/c1-13-2-4-15(5-3-13)18(12-16-8-11-20(24)22-16)19-10-9-17(14-6-7-14)21(25)23-19/h2-5,9-10,12,14,16H,6-8,11H2,1H3,(H,22,24)(H,23,25)/b18-12-/t16-/m1/s1. The molecular weight excluding hydrogens is 312 g/mol. The van der Waals surface area contributed by atoms with Gasteiger partial charge in [0.2, 0.25) is 5.91 Å². The highest BCUT2D eigenvalue weighted by Crippen LogP contribution is 2.38. The van der Waals surface area contributed by atoms with E-state index in [4.69, 9.17) is 0 Å². The molecule has 1 aliphatic carbocycles. The Balaban J connectivity index is 1.75. The van der Waals surface area contributed by atoms with Crippen LogP contribution in [0.15, 0.2) is 47.3 Å². The number of carbonyl (C=O) groups excluding carboxylic acids is 1. The predicted octanol–water partition coefficient (Wildman–Crippen LogP) is 3.27. The quantitative estimate of drug-likeness (QED) is 0.901. The van der Waals surface area contributed by atoms with Crippen LogP contribution in [0.5, 0.6) is 0 Å². The maximum absolute atomic E-state index is 12.4. The summed E-state index contributed by atoms with van der Waals surface area (Å²) >= 11 is 0. The van der Waals surface area contributed by atoms with Gasteiger partial charge in [-0.3, -0.25) is 9.59 Å². The number of amides is 1. The highest BCUT2D eigenvalue weighted by molar-refractivity contribution is 5.82. The lowest BCUT2D eigenvalue weighted by Crippen LogP contribution is -2.23. The van der Waals surface area contributed by atoms with Crippen molar-refractivity contribution in [2.24, 2.45) is 0 Å². The van der Waals surface area contributed by atoms with Crippen LogP contribution in [0.1, 0.15) is 54.0 Å². The minimum atomic E-state index is 0.00784. The number of rotatable bonds is 4. The average Bonchev–Trinajstić information content (AvgIpc) is 3.35. The molecule has 2 fully saturated rings. The third-order valence-corrected chi connectivity index (χ3v) is 5.01. The van der Waals surface area contributed by atoms with E-state index in [0.29, 0.717) is 12.3 Å². The molecule has 1 aromatic heterocycles. The molecule has 4 rings (SSSR count). The van der Waals surface area contributed by atoms with E-state index in [0.717, 1.165) is 41.7 Å². The molecular formula is C21H22N2O2. The molecule has 1 saturated heterocycles. The maximum Gasteiger partial charge on any atom is 0.251 e. The summed E-state index contributed by atoms with van der Waals surface area (Å²) < 4.78 is 0. The van der Waals surface area contributed by atoms with Gasteiger partial charge < -0.3 is 10.3 Å². The van der Waals surface area contributed by atoms with E-state index in [1.54, 1.807) is 0 Å². The summed E-state index contributed by atoms with van der Waals surface area (Å²) in [6.45, 7) is 2.05. The van der Waals surface area contributed by atoms with Gasteiger partial charge in [0, 0.05) is 29.3 Å². The molecule has 1 aromatic carbocycles. The molecule has 0 bridgehead atoms. The summed E-state index contributed by atoms with van der Waals surface area (Å²) in [7, 11) is 0. The Kier molecular flexibility index (Phi) is 4.04. The van der Waals surface area contributed by atoms with E-state index in [-0.39, 0.29) is 17.5 Å². The van der Waals surface area contributed by atoms with Crippen LogP contribution in [0.4, 0.5) is 0 Å². The molecule has 128 valence electrons. The number of H-pyrrole nitrogens is 1. The first-order chi connectivity index (χ1) is 12.1. The monoisotopic (exact) mass is 334 g/mol. The minimum Gasteiger partial charge on any atom is -0.350 e. The fraction of sp³-hybridized carbons (Fsp3) is 0.333. The van der Waals surface area contributed by atoms with Gasteiger partial charge in [0.15, 0.2) is 0 Å². The Labute approximate surface area is 147 Å². The number of aromatic nitrogens is 1. The van der Waals surface area contributed by atoms with Crippen LogP contribution in [0.25, 0.3) is 5.57 Å². The summed E-state index contributed by atoms with van der Waals surface area (Å²) in [6, 6.07) is 12.2. The van der Waals surface area contributed by atoms with Crippen molar-refractivity contribution in [2.45, 2.75) is 44.6 Å². The lowest BCUT2D eigenvalue weighted by molar-refractivity contribution is -0.119. The SMILES string of the molecule is Cc1ccc(/C(=C/[C@H]2CCC(=O)N2)c2ccc(C3CC3)c(=O)[nH]2)cc1. The first kappa shape index (κ1) is 15.9. The van der Waals surface area contributed by atoms with Crippen LogP contribution in [-0.2, 0) is 4.79 Å². The first-order valence-electron chi connectivity index (χ1n) is 8.92. The van der Waals surface area contributed by atoms with E-state index in [9.17, 15) is 9.59 Å². The van der Waals surface area contributed by atoms with Gasteiger partial charge in [0.05, 0.1) is 0 Å². The van der Waals surface area contributed by atoms with Crippen LogP contribution in [0.2, 0.25) is 0 Å². The van der Waals surface area contributed by atoms with E-state index in [1.807, 2.05) is 12.1 Å². The van der Waals surface area contributed by atoms with Crippen LogP contribution >= 0.6 is 0 Å². The molecule has 1 saturated carbocycles. The van der Waals surface area contributed by atoms with Crippen molar-refractivity contribution in [1.82, 2.24) is 10.3 Å². The van der Waals surface area contributed by atoms with E-state index in [2.05, 4.69) is 47.6 Å². The van der Waals surface area contributed by atoms with Gasteiger partial charge in [-0.25, -0.2) is 0 Å². The lowest BCUT2D eigenvalue weighted by atomic mass is 9.97. The van der Waals surface area contributed by atoms with Crippen molar-refractivity contribution in [2.75, 3.05) is 0 Å². The number of pyridine rings is 1. The third kappa shape index (κ3) is 3.43. The van der Waals surface area contributed by atoms with Crippen LogP contribution in [-0.4, -0.2) is 16.9 Å². The normalized spacial score (nSPS) is 20.6. The van der Waals surface area contributed by atoms with Crippen LogP contribution < -0.4 is 10.9 Å². The van der Waals surface area contributed by atoms with Crippen molar-refractivity contribution in [3.05, 3.63) is 75.2 Å². The van der Waals surface area contributed by atoms with E-state index >= 15 is 0 Å². The molecule has 0 spiro atoms. The number of hydrogen-bond donors (Lipinski definition) is 2. The number of benzene rings is 1. The lowest BCUT2D eigenvalue weighted by Gasteiger charge is -2.13. The molecule has 1 atom stereocenters. The van der Waals surface area contributed by atoms with Gasteiger partial charge in [-0.15, -0.1) is 0 Å². The highest BCUT2D eigenvalue weighted by Gasteiger charge is 2.26. The minimum absolute atomic E-state index is 0.00784. The molecule has 2 aliphatic rings. The summed E-state index contributed by atoms with van der Waals surface area (Å²) in [4.78, 5) is 27.0. The molecule has 0 radical (unpaired) electrons. The van der Waals surface area contributed by atoms with Crippen molar-refractivity contribution in [3.63, 3.8) is 0 Å². The molecule has 1 amide bonds. The zero-order valence-corrected chi connectivity index (χ0v) is 14.3. The molecule has 1 aliphatic heterocycles. The summed E-state index contributed by atoms with van der Waals surface area (Å²) in [5, 5.41) is 2.98. The van der Waals surface area contributed by atoms with Crippen molar-refractivity contribution in [1.29, 1.82) is 0 Å². The zero-order chi connectivity index (χ0) is 17.4. The Morgan fingerprint density at radius 2 is 1.80 bits per heavy atom. The Morgan fingerprint density at radius 1 is 1.04 bits per heavy atom. The van der Waals surface area contributed by atoms with E-state index < -0.39 is 0 Å². The maximum atomic E-state index is 12.4. The number of hydrogen-bond acceptors (Lipinski definition) is 2. The smallest absolute Gasteiger partial charge is 0.251 e. The molecule has 2 heterocycles. The molecule has 4 nitrogen and oxygen atoms in total. The Morgan fingerprint density at radius 3 is 2.40 bits per heavy atom. The largest absolute Gasteiger partial charge is 0.350 e. The topological polar surface area (TPSA) is 62.0 Å². The number of nitrogens with one attached hydrogen (secondary N) is 2. The third-order valence-electron chi connectivity index (χ3n) is 5.01. The van der Waals surface area contributed by atoms with Gasteiger partial charge >= 0.3 is 0 Å². The van der Waals surface area contributed by atoms with Gasteiger partial charge in [0.1, 0.15) is 0 Å². The second-order valence-electron chi connectivity index (χ2n) is 7.09. The second-order valence-corrected chi connectivity index (χ2v) is 7.09. The highest BCUT2D eigenvalue weighted by atomic mass is 16.2. The Bertz CT molecular complexity index is 889. The van der Waals surface area contributed by atoms with E-state index in [1.165, 1.54) is 5.56 Å². The van der Waals surface area contributed by atoms with Crippen molar-refractivity contribution < 1.29 is 4.79 Å². The predicted molar refractivity (Wildman–Crippen MR) is 98.5 cm³/mol. The van der Waals surface area contributed by atoms with Crippen LogP contribution in [0.3, 0.4) is 0 Å². The first-order valence-corrected chi connectivity index (χ1v) is 8.92. The van der Waals surface area contributed by atoms with Gasteiger partial charge in [-0.2, -0.15) is 0 Å². The number of aryl methyl sites for hydroxylation is 1. The fourth-order valence-corrected chi connectivity index (χ4v) is 3.40. The molecule has 2 aromatic rings. The van der Waals surface area contributed by atoms with Crippen molar-refractivity contribution in [3.8, 4) is 0 Å². The molecule has 2 N–H and O–H groups in total. The number of aromatic amines is 1. The molecule has 25 heavy (non-hydrogen) atoms. The molecule has 0 unspecified atom stereocenters. The van der Waals surface area contributed by atoms with Gasteiger partial charge in [-0.05, 0) is 43.7 Å². The summed E-state index contributed by atoms with van der Waals surface area (Å²) in [6.07, 6.45) is 5.63. The van der Waals surface area contributed by atoms with Crippen LogP contribution in [0, 0.1) is 6.92 Å². The average molecular weight is 334 g/mol. The number of carbonyl (C=O) groups is 1. The van der Waals surface area contributed by atoms with Gasteiger partial charge in [-0.1, -0.05) is 42.0 Å². The fourth-order valence-electron chi connectivity index (χ4n) is 3.40. The zero-order valence-electron chi connectivity index (χ0n) is 14.3.